The van der Waals surface area contributed by atoms with Crippen molar-refractivity contribution in [2.75, 3.05) is 4.72 Å². The molecule has 2 rings (SSSR count). The fraction of sp³-hybridized carbons (Fsp3) is 0.267. The topological polar surface area (TPSA) is 59.1 Å². The van der Waals surface area contributed by atoms with Crippen molar-refractivity contribution in [1.82, 2.24) is 4.98 Å². The van der Waals surface area contributed by atoms with Gasteiger partial charge in [0.05, 0.1) is 15.6 Å². The smallest absolute Gasteiger partial charge is 0.261 e. The number of sulfonamides is 1. The van der Waals surface area contributed by atoms with Crippen LogP contribution in [-0.4, -0.2) is 21.2 Å². The molecule has 0 amide bonds. The fourth-order valence-electron chi connectivity index (χ4n) is 1.87. The highest BCUT2D eigenvalue weighted by Crippen LogP contribution is 2.24. The van der Waals surface area contributed by atoms with Crippen LogP contribution in [0.4, 0.5) is 5.69 Å². The number of nitrogens with zero attached hydrogens (tertiary/aromatic N) is 1. The summed E-state index contributed by atoms with van der Waals surface area (Å²) in [4.78, 5) is 3.97. The molecule has 0 bridgehead atoms. The molecule has 114 valence electrons. The summed E-state index contributed by atoms with van der Waals surface area (Å²) in [5.74, 6) is 0. The van der Waals surface area contributed by atoms with Crippen LogP contribution >= 0.6 is 11.6 Å². The number of aromatic nitrogens is 1. The van der Waals surface area contributed by atoms with Gasteiger partial charge in [0.2, 0.25) is 0 Å². The SMILES string of the molecule is [B]c1ncc(Cl)cc1NS(=O)(=O)c1ccc(C(C)(C)C)cc1. The molecular formula is C15H16BClN2O2S. The lowest BCUT2D eigenvalue weighted by molar-refractivity contribution is 0.587. The van der Waals surface area contributed by atoms with Crippen LogP contribution in [0, 0.1) is 0 Å². The molecule has 1 aromatic carbocycles. The first-order valence-corrected chi connectivity index (χ1v) is 8.50. The summed E-state index contributed by atoms with van der Waals surface area (Å²) in [6.07, 6.45) is 1.35. The van der Waals surface area contributed by atoms with Gasteiger partial charge in [-0.05, 0) is 29.2 Å². The Morgan fingerprint density at radius 3 is 2.32 bits per heavy atom. The van der Waals surface area contributed by atoms with E-state index >= 15 is 0 Å². The molecule has 0 unspecified atom stereocenters. The van der Waals surface area contributed by atoms with Gasteiger partial charge in [0.1, 0.15) is 7.85 Å². The number of pyridine rings is 1. The highest BCUT2D eigenvalue weighted by Gasteiger charge is 2.18. The van der Waals surface area contributed by atoms with E-state index in [1.807, 2.05) is 0 Å². The normalized spacial score (nSPS) is 12.2. The first kappa shape index (κ1) is 16.8. The third-order valence-electron chi connectivity index (χ3n) is 3.16. The van der Waals surface area contributed by atoms with Crippen LogP contribution in [0.5, 0.6) is 0 Å². The minimum Gasteiger partial charge on any atom is -0.279 e. The Bertz CT molecular complexity index is 784. The van der Waals surface area contributed by atoms with Crippen LogP contribution in [0.3, 0.4) is 0 Å². The zero-order valence-electron chi connectivity index (χ0n) is 12.6. The van der Waals surface area contributed by atoms with Gasteiger partial charge in [0.15, 0.2) is 0 Å². The Kier molecular flexibility index (Phi) is 4.54. The van der Waals surface area contributed by atoms with Gasteiger partial charge in [0, 0.05) is 11.8 Å². The zero-order valence-corrected chi connectivity index (χ0v) is 14.2. The summed E-state index contributed by atoms with van der Waals surface area (Å²) in [5.41, 5.74) is 1.24. The van der Waals surface area contributed by atoms with E-state index in [1.165, 1.54) is 12.3 Å². The van der Waals surface area contributed by atoms with Crippen LogP contribution < -0.4 is 10.3 Å². The van der Waals surface area contributed by atoms with Gasteiger partial charge < -0.3 is 0 Å². The van der Waals surface area contributed by atoms with Gasteiger partial charge in [-0.3, -0.25) is 9.71 Å². The predicted octanol–water partition coefficient (Wildman–Crippen LogP) is 2.63. The highest BCUT2D eigenvalue weighted by atomic mass is 35.5. The molecule has 1 heterocycles. The molecule has 0 aliphatic rings. The van der Waals surface area contributed by atoms with Crippen molar-refractivity contribution in [1.29, 1.82) is 0 Å². The van der Waals surface area contributed by atoms with E-state index in [9.17, 15) is 8.42 Å². The van der Waals surface area contributed by atoms with E-state index in [0.29, 0.717) is 5.02 Å². The van der Waals surface area contributed by atoms with Gasteiger partial charge in [-0.25, -0.2) is 8.42 Å². The molecule has 0 aliphatic heterocycles. The second-order valence-corrected chi connectivity index (χ2v) is 8.09. The number of hydrogen-bond donors (Lipinski definition) is 1. The maximum absolute atomic E-state index is 12.4. The molecule has 7 heteroatoms. The maximum Gasteiger partial charge on any atom is 0.261 e. The molecule has 2 radical (unpaired) electrons. The molecule has 1 aromatic heterocycles. The van der Waals surface area contributed by atoms with Crippen molar-refractivity contribution in [2.24, 2.45) is 0 Å². The van der Waals surface area contributed by atoms with Crippen LogP contribution in [0.15, 0.2) is 41.4 Å². The lowest BCUT2D eigenvalue weighted by Crippen LogP contribution is -2.21. The van der Waals surface area contributed by atoms with Gasteiger partial charge in [-0.15, -0.1) is 0 Å². The van der Waals surface area contributed by atoms with Crippen molar-refractivity contribution in [2.45, 2.75) is 31.1 Å². The summed E-state index contributed by atoms with van der Waals surface area (Å²) >= 11 is 5.81. The molecule has 0 spiro atoms. The van der Waals surface area contributed by atoms with Crippen LogP contribution in [0.1, 0.15) is 26.3 Å². The Balaban J connectivity index is 2.33. The number of halogens is 1. The second kappa shape index (κ2) is 5.93. The average molecular weight is 335 g/mol. The number of nitrogens with one attached hydrogen (secondary N) is 1. The number of benzene rings is 1. The van der Waals surface area contributed by atoms with E-state index in [1.54, 1.807) is 24.3 Å². The summed E-state index contributed by atoms with van der Waals surface area (Å²) in [5, 5.41) is 0.301. The lowest BCUT2D eigenvalue weighted by atomic mass is 9.87. The molecule has 0 atom stereocenters. The molecule has 1 N–H and O–H groups in total. The minimum absolute atomic E-state index is 0.0446. The summed E-state index contributed by atoms with van der Waals surface area (Å²) in [6.45, 7) is 6.19. The number of hydrogen-bond acceptors (Lipinski definition) is 3. The molecular weight excluding hydrogens is 319 g/mol. The highest BCUT2D eigenvalue weighted by molar-refractivity contribution is 7.92. The van der Waals surface area contributed by atoms with Crippen molar-refractivity contribution in [3.05, 3.63) is 47.1 Å². The van der Waals surface area contributed by atoms with Crippen LogP contribution in [0.25, 0.3) is 0 Å². The van der Waals surface area contributed by atoms with E-state index in [2.05, 4.69) is 30.5 Å². The average Bonchev–Trinajstić information content (AvgIpc) is 2.42. The first-order valence-electron chi connectivity index (χ1n) is 6.64. The van der Waals surface area contributed by atoms with E-state index in [0.717, 1.165) is 5.56 Å². The number of rotatable bonds is 3. The predicted molar refractivity (Wildman–Crippen MR) is 90.6 cm³/mol. The Morgan fingerprint density at radius 1 is 1.18 bits per heavy atom. The third kappa shape index (κ3) is 3.81. The Morgan fingerprint density at radius 2 is 1.77 bits per heavy atom. The van der Waals surface area contributed by atoms with Crippen LogP contribution in [-0.2, 0) is 15.4 Å². The summed E-state index contributed by atoms with van der Waals surface area (Å²) < 4.78 is 27.2. The molecule has 22 heavy (non-hydrogen) atoms. The van der Waals surface area contributed by atoms with Crippen molar-refractivity contribution >= 4 is 40.8 Å². The van der Waals surface area contributed by atoms with Crippen molar-refractivity contribution < 1.29 is 8.42 Å². The van der Waals surface area contributed by atoms with Crippen molar-refractivity contribution in [3.8, 4) is 0 Å². The maximum atomic E-state index is 12.4. The Labute approximate surface area is 137 Å². The summed E-state index contributed by atoms with van der Waals surface area (Å²) in [6, 6.07) is 8.15. The van der Waals surface area contributed by atoms with Gasteiger partial charge in [-0.2, -0.15) is 0 Å². The van der Waals surface area contributed by atoms with Gasteiger partial charge >= 0.3 is 0 Å². The number of anilines is 1. The van der Waals surface area contributed by atoms with Gasteiger partial charge in [-0.1, -0.05) is 44.5 Å². The third-order valence-corrected chi connectivity index (χ3v) is 4.75. The quantitative estimate of drug-likeness (QED) is 0.878. The van der Waals surface area contributed by atoms with E-state index in [-0.39, 0.29) is 21.6 Å². The largest absolute Gasteiger partial charge is 0.279 e. The van der Waals surface area contributed by atoms with Crippen LogP contribution in [0.2, 0.25) is 5.02 Å². The molecule has 0 fully saturated rings. The molecule has 0 saturated heterocycles. The standard InChI is InChI=1S/C15H16BClN2O2S/c1-15(2,3)10-4-6-12(7-5-10)22(20,21)19-13-8-11(17)9-18-14(13)16/h4-9,19H,1-3H3. The fourth-order valence-corrected chi connectivity index (χ4v) is 3.09. The first-order chi connectivity index (χ1) is 10.1. The summed E-state index contributed by atoms with van der Waals surface area (Å²) in [7, 11) is 1.92. The Hall–Kier alpha value is -1.53. The minimum atomic E-state index is -3.74. The monoisotopic (exact) mass is 334 g/mol. The van der Waals surface area contributed by atoms with Crippen molar-refractivity contribution in [3.63, 3.8) is 0 Å². The molecule has 0 saturated carbocycles. The zero-order chi connectivity index (χ0) is 16.5. The molecule has 0 aliphatic carbocycles. The van der Waals surface area contributed by atoms with E-state index in [4.69, 9.17) is 19.4 Å². The lowest BCUT2D eigenvalue weighted by Gasteiger charge is -2.19. The molecule has 2 aromatic rings. The second-order valence-electron chi connectivity index (χ2n) is 5.97. The van der Waals surface area contributed by atoms with E-state index < -0.39 is 10.0 Å². The molecule has 4 nitrogen and oxygen atoms in total. The van der Waals surface area contributed by atoms with Gasteiger partial charge in [0.25, 0.3) is 10.0 Å².